The first kappa shape index (κ1) is 24.0. The zero-order valence-electron chi connectivity index (χ0n) is 17.8. The molecule has 0 unspecified atom stereocenters. The van der Waals surface area contributed by atoms with Crippen LogP contribution in [0.2, 0.25) is 5.02 Å². The molecule has 5 nitrogen and oxygen atoms in total. The van der Waals surface area contributed by atoms with Crippen LogP contribution >= 0.6 is 27.5 Å². The van der Waals surface area contributed by atoms with Crippen LogP contribution in [-0.4, -0.2) is 29.4 Å². The number of hydrogen-bond acceptors (Lipinski definition) is 4. The number of amides is 1. The van der Waals surface area contributed by atoms with E-state index < -0.39 is 29.1 Å². The van der Waals surface area contributed by atoms with E-state index in [-0.39, 0.29) is 11.6 Å². The number of fused-ring (bicyclic) bond motifs is 1. The molecule has 1 heterocycles. The Morgan fingerprint density at radius 3 is 2.61 bits per heavy atom. The number of carbonyl (C=O) groups is 1. The minimum atomic E-state index is -1.04. The summed E-state index contributed by atoms with van der Waals surface area (Å²) in [6.45, 7) is 5.30. The normalized spacial score (nSPS) is 19.3. The van der Waals surface area contributed by atoms with Crippen molar-refractivity contribution in [3.63, 3.8) is 0 Å². The summed E-state index contributed by atoms with van der Waals surface area (Å²) in [6, 6.07) is 10.1. The van der Waals surface area contributed by atoms with Crippen LogP contribution in [-0.2, 0) is 16.7 Å². The summed E-state index contributed by atoms with van der Waals surface area (Å²) in [7, 11) is 0. The van der Waals surface area contributed by atoms with Crippen molar-refractivity contribution in [3.05, 3.63) is 62.8 Å². The van der Waals surface area contributed by atoms with Gasteiger partial charge in [-0.2, -0.15) is 0 Å². The lowest BCUT2D eigenvalue weighted by atomic mass is 9.78. The number of aliphatic hydroxyl groups is 1. The number of anilines is 1. The van der Waals surface area contributed by atoms with Gasteiger partial charge in [-0.3, -0.25) is 4.90 Å². The fraction of sp³-hybridized carbons (Fsp3) is 0.435. The average Bonchev–Trinajstić information content (AvgIpc) is 3.06. The van der Waals surface area contributed by atoms with Gasteiger partial charge in [0.2, 0.25) is 0 Å². The first-order chi connectivity index (χ1) is 14.5. The zero-order valence-corrected chi connectivity index (χ0v) is 20.1. The molecular weight excluding hydrogens is 487 g/mol. The van der Waals surface area contributed by atoms with Gasteiger partial charge in [0, 0.05) is 23.5 Å². The van der Waals surface area contributed by atoms with Gasteiger partial charge in [-0.1, -0.05) is 41.9 Å². The molecule has 0 aliphatic carbocycles. The second-order valence-electron chi connectivity index (χ2n) is 8.74. The van der Waals surface area contributed by atoms with E-state index in [9.17, 15) is 14.3 Å². The molecule has 168 valence electrons. The maximum Gasteiger partial charge on any atom is 0.415 e. The lowest BCUT2D eigenvalue weighted by Gasteiger charge is -2.44. The van der Waals surface area contributed by atoms with Gasteiger partial charge in [0.1, 0.15) is 11.4 Å². The number of carbonyl (C=O) groups excluding carboxylic acids is 1. The fourth-order valence-corrected chi connectivity index (χ4v) is 4.84. The number of hydrogen-bond donors (Lipinski definition) is 2. The van der Waals surface area contributed by atoms with Crippen molar-refractivity contribution in [2.75, 3.05) is 11.5 Å². The van der Waals surface area contributed by atoms with Crippen molar-refractivity contribution >= 4 is 39.3 Å². The monoisotopic (exact) mass is 512 g/mol. The third kappa shape index (κ3) is 4.46. The summed E-state index contributed by atoms with van der Waals surface area (Å²) >= 11 is 9.59. The average molecular weight is 514 g/mol. The Morgan fingerprint density at radius 2 is 2.03 bits per heavy atom. The number of ether oxygens (including phenoxy) is 1. The predicted octanol–water partition coefficient (Wildman–Crippen LogP) is 5.53. The van der Waals surface area contributed by atoms with E-state index in [2.05, 4.69) is 15.9 Å². The second-order valence-corrected chi connectivity index (χ2v) is 9.91. The van der Waals surface area contributed by atoms with Crippen molar-refractivity contribution in [2.24, 2.45) is 5.73 Å². The van der Waals surface area contributed by atoms with E-state index in [0.717, 1.165) is 5.56 Å². The largest absolute Gasteiger partial charge is 0.443 e. The molecule has 2 aromatic rings. The number of halogens is 3. The fourth-order valence-electron chi connectivity index (χ4n) is 4.14. The topological polar surface area (TPSA) is 75.8 Å². The van der Waals surface area contributed by atoms with E-state index in [1.807, 2.05) is 30.3 Å². The molecule has 2 atom stereocenters. The van der Waals surface area contributed by atoms with E-state index in [1.165, 1.54) is 11.0 Å². The van der Waals surface area contributed by atoms with Gasteiger partial charge in [-0.05, 0) is 66.7 Å². The Hall–Kier alpha value is -1.67. The van der Waals surface area contributed by atoms with Crippen LogP contribution in [0.4, 0.5) is 14.9 Å². The van der Waals surface area contributed by atoms with Crippen LogP contribution in [0.3, 0.4) is 0 Å². The zero-order chi connectivity index (χ0) is 23.0. The van der Waals surface area contributed by atoms with Crippen molar-refractivity contribution in [3.8, 4) is 0 Å². The SMILES string of the molecule is CC(C)(C)OC(=O)N1c2cc(F)c(Cl)c(Br)c2C[C@]1(c1ccccc1)[C@@H](N)CCCO. The minimum Gasteiger partial charge on any atom is -0.443 e. The van der Waals surface area contributed by atoms with Gasteiger partial charge >= 0.3 is 6.09 Å². The third-order valence-corrected chi connectivity index (χ3v) is 6.94. The smallest absolute Gasteiger partial charge is 0.415 e. The van der Waals surface area contributed by atoms with Crippen molar-refractivity contribution in [1.29, 1.82) is 0 Å². The molecule has 3 rings (SSSR count). The van der Waals surface area contributed by atoms with Gasteiger partial charge in [-0.15, -0.1) is 0 Å². The molecule has 31 heavy (non-hydrogen) atoms. The highest BCUT2D eigenvalue weighted by Gasteiger charge is 2.54. The maximum absolute atomic E-state index is 14.7. The summed E-state index contributed by atoms with van der Waals surface area (Å²) in [4.78, 5) is 15.0. The van der Waals surface area contributed by atoms with E-state index in [0.29, 0.717) is 35.0 Å². The van der Waals surface area contributed by atoms with Gasteiger partial charge in [-0.25, -0.2) is 9.18 Å². The highest BCUT2D eigenvalue weighted by molar-refractivity contribution is 9.10. The first-order valence-electron chi connectivity index (χ1n) is 10.1. The molecule has 0 saturated carbocycles. The molecule has 1 amide bonds. The number of benzene rings is 2. The third-order valence-electron chi connectivity index (χ3n) is 5.46. The standard InChI is InChI=1S/C23H27BrClFN2O3/c1-22(2,3)31-21(30)28-17-12-16(26)20(25)19(24)15(17)13-23(28,18(27)10-7-11-29)14-8-5-4-6-9-14/h4-6,8-9,12,18,29H,7,10-11,13,27H2,1-3H3/t18-,23-/m0/s1. The highest BCUT2D eigenvalue weighted by Crippen LogP contribution is 2.52. The molecular formula is C23H27BrClFN2O3. The van der Waals surface area contributed by atoms with E-state index in [4.69, 9.17) is 22.1 Å². The van der Waals surface area contributed by atoms with Crippen LogP contribution < -0.4 is 10.6 Å². The summed E-state index contributed by atoms with van der Waals surface area (Å²) in [5, 5.41) is 9.35. The van der Waals surface area contributed by atoms with E-state index >= 15 is 0 Å². The lowest BCUT2D eigenvalue weighted by Crippen LogP contribution is -2.59. The molecule has 0 radical (unpaired) electrons. The van der Waals surface area contributed by atoms with Crippen LogP contribution in [0.1, 0.15) is 44.7 Å². The first-order valence-corrected chi connectivity index (χ1v) is 11.3. The van der Waals surface area contributed by atoms with Crippen molar-refractivity contribution in [1.82, 2.24) is 0 Å². The van der Waals surface area contributed by atoms with Crippen LogP contribution in [0.5, 0.6) is 0 Å². The Kier molecular flexibility index (Phi) is 7.01. The molecule has 0 saturated heterocycles. The molecule has 0 spiro atoms. The number of aliphatic hydroxyl groups excluding tert-OH is 1. The predicted molar refractivity (Wildman–Crippen MR) is 124 cm³/mol. The van der Waals surface area contributed by atoms with E-state index in [1.54, 1.807) is 20.8 Å². The molecule has 0 fully saturated rings. The van der Waals surface area contributed by atoms with Gasteiger partial charge in [0.05, 0.1) is 16.2 Å². The molecule has 0 aromatic heterocycles. The maximum atomic E-state index is 14.7. The Bertz CT molecular complexity index is 968. The van der Waals surface area contributed by atoms with Gasteiger partial charge < -0.3 is 15.6 Å². The highest BCUT2D eigenvalue weighted by atomic mass is 79.9. The second kappa shape index (κ2) is 9.06. The Balaban J connectivity index is 2.28. The Morgan fingerprint density at radius 1 is 1.39 bits per heavy atom. The molecule has 0 bridgehead atoms. The van der Waals surface area contributed by atoms with Crippen LogP contribution in [0.15, 0.2) is 40.9 Å². The quantitative estimate of drug-likeness (QED) is 0.515. The lowest BCUT2D eigenvalue weighted by molar-refractivity contribution is 0.0526. The Labute approximate surface area is 195 Å². The summed E-state index contributed by atoms with van der Waals surface area (Å²) in [6.07, 6.45) is 0.610. The van der Waals surface area contributed by atoms with Gasteiger partial charge in [0.25, 0.3) is 0 Å². The van der Waals surface area contributed by atoms with Gasteiger partial charge in [0.15, 0.2) is 0 Å². The molecule has 1 aliphatic rings. The number of nitrogens with zero attached hydrogens (tertiary/aromatic N) is 1. The molecule has 2 aromatic carbocycles. The summed E-state index contributed by atoms with van der Waals surface area (Å²) < 4.78 is 20.8. The molecule has 8 heteroatoms. The number of nitrogens with two attached hydrogens (primary N) is 1. The molecule has 3 N–H and O–H groups in total. The number of rotatable bonds is 5. The van der Waals surface area contributed by atoms with Crippen LogP contribution in [0, 0.1) is 5.82 Å². The minimum absolute atomic E-state index is 0.0257. The summed E-state index contributed by atoms with van der Waals surface area (Å²) in [5.74, 6) is -0.645. The molecule has 1 aliphatic heterocycles. The van der Waals surface area contributed by atoms with Crippen molar-refractivity contribution < 1.29 is 19.0 Å². The van der Waals surface area contributed by atoms with Crippen molar-refractivity contribution in [2.45, 2.75) is 57.2 Å². The van der Waals surface area contributed by atoms with Crippen LogP contribution in [0.25, 0.3) is 0 Å². The summed E-state index contributed by atoms with van der Waals surface area (Å²) in [5.41, 5.74) is 6.77.